The Kier molecular flexibility index (Phi) is 14.1. The van der Waals surface area contributed by atoms with Crippen LogP contribution in [0.2, 0.25) is 0 Å². The summed E-state index contributed by atoms with van der Waals surface area (Å²) in [5, 5.41) is 14.0. The second-order valence-electron chi connectivity index (χ2n) is 6.49. The molecule has 0 spiro atoms. The molecule has 1 amide bonds. The number of carbonyl (C=O) groups excluding carboxylic acids is 1. The van der Waals surface area contributed by atoms with Crippen molar-refractivity contribution in [1.82, 2.24) is 10.6 Å². The average molecular weight is 326 g/mol. The first-order chi connectivity index (χ1) is 11.1. The average Bonchev–Trinajstić information content (AvgIpc) is 2.57. The molecular weight excluding hydrogens is 286 g/mol. The van der Waals surface area contributed by atoms with E-state index in [-0.39, 0.29) is 11.8 Å². The molecule has 4 nitrogen and oxygen atoms in total. The van der Waals surface area contributed by atoms with Gasteiger partial charge in [-0.1, -0.05) is 33.6 Å². The fourth-order valence-corrected chi connectivity index (χ4v) is 2.83. The fraction of sp³-hybridized carbons (Fsp3) is 0.895. The molecule has 0 saturated heterocycles. The first-order valence-corrected chi connectivity index (χ1v) is 9.60. The van der Waals surface area contributed by atoms with E-state index in [0.717, 1.165) is 76.5 Å². The number of hydrogen-bond acceptors (Lipinski definition) is 3. The molecule has 0 saturated carbocycles. The second kappa shape index (κ2) is 14.7. The van der Waals surface area contributed by atoms with E-state index in [1.807, 2.05) is 14.0 Å². The molecule has 0 aliphatic carbocycles. The maximum absolute atomic E-state index is 12.2. The number of nitrogens with one attached hydrogen (secondary N) is 3. The van der Waals surface area contributed by atoms with E-state index in [2.05, 4.69) is 24.5 Å². The van der Waals surface area contributed by atoms with Crippen LogP contribution in [-0.4, -0.2) is 31.3 Å². The first-order valence-electron chi connectivity index (χ1n) is 9.60. The smallest absolute Gasteiger partial charge is 0.223 e. The Morgan fingerprint density at radius 3 is 2.26 bits per heavy atom. The van der Waals surface area contributed by atoms with Gasteiger partial charge in [0.25, 0.3) is 0 Å². The maximum atomic E-state index is 12.2. The SMILES string of the molecule is CCC(=N)CCCCCCNC(=O)C(CC)CCC(CC)NC. The Hall–Kier alpha value is -0.900. The molecule has 2 atom stereocenters. The number of unbranched alkanes of at least 4 members (excludes halogenated alkanes) is 3. The molecule has 0 aliphatic rings. The van der Waals surface area contributed by atoms with Gasteiger partial charge in [-0.25, -0.2) is 0 Å². The van der Waals surface area contributed by atoms with Crippen LogP contribution in [0.15, 0.2) is 0 Å². The molecule has 0 aromatic heterocycles. The highest BCUT2D eigenvalue weighted by atomic mass is 16.1. The molecule has 0 radical (unpaired) electrons. The summed E-state index contributed by atoms with van der Waals surface area (Å²) in [6.45, 7) is 7.13. The molecule has 0 heterocycles. The minimum absolute atomic E-state index is 0.155. The highest BCUT2D eigenvalue weighted by Crippen LogP contribution is 2.14. The largest absolute Gasteiger partial charge is 0.356 e. The predicted molar refractivity (Wildman–Crippen MR) is 100 cm³/mol. The molecule has 2 unspecified atom stereocenters. The second-order valence-corrected chi connectivity index (χ2v) is 6.49. The molecule has 0 aromatic carbocycles. The Balaban J connectivity index is 3.74. The van der Waals surface area contributed by atoms with E-state index >= 15 is 0 Å². The summed E-state index contributed by atoms with van der Waals surface area (Å²) in [5.74, 6) is 0.383. The third-order valence-electron chi connectivity index (χ3n) is 4.76. The van der Waals surface area contributed by atoms with Gasteiger partial charge in [0.2, 0.25) is 5.91 Å². The molecule has 0 bridgehead atoms. The van der Waals surface area contributed by atoms with E-state index in [1.54, 1.807) is 0 Å². The van der Waals surface area contributed by atoms with Crippen molar-refractivity contribution in [2.45, 2.75) is 91.0 Å². The Labute approximate surface area is 143 Å². The summed E-state index contributed by atoms with van der Waals surface area (Å²) < 4.78 is 0. The van der Waals surface area contributed by atoms with E-state index < -0.39 is 0 Å². The van der Waals surface area contributed by atoms with Crippen molar-refractivity contribution in [3.63, 3.8) is 0 Å². The Morgan fingerprint density at radius 1 is 1.00 bits per heavy atom. The molecule has 0 rings (SSSR count). The Bertz CT molecular complexity index is 314. The molecule has 3 N–H and O–H groups in total. The standard InChI is InChI=1S/C19H39N3O/c1-5-16(13-14-18(7-3)21-4)19(23)22-15-11-9-8-10-12-17(20)6-2/h16,18,20-21H,5-15H2,1-4H3,(H,22,23). The third-order valence-corrected chi connectivity index (χ3v) is 4.76. The van der Waals surface area contributed by atoms with Gasteiger partial charge < -0.3 is 16.0 Å². The zero-order chi connectivity index (χ0) is 17.5. The van der Waals surface area contributed by atoms with Gasteiger partial charge in [-0.2, -0.15) is 0 Å². The van der Waals surface area contributed by atoms with Crippen molar-refractivity contribution in [2.75, 3.05) is 13.6 Å². The van der Waals surface area contributed by atoms with Crippen LogP contribution in [0.5, 0.6) is 0 Å². The van der Waals surface area contributed by atoms with E-state index in [1.165, 1.54) is 0 Å². The van der Waals surface area contributed by atoms with Crippen molar-refractivity contribution in [3.8, 4) is 0 Å². The minimum Gasteiger partial charge on any atom is -0.356 e. The van der Waals surface area contributed by atoms with Crippen LogP contribution in [0.4, 0.5) is 0 Å². The van der Waals surface area contributed by atoms with Gasteiger partial charge in [0.1, 0.15) is 0 Å². The lowest BCUT2D eigenvalue weighted by Crippen LogP contribution is -2.33. The van der Waals surface area contributed by atoms with Gasteiger partial charge in [0.05, 0.1) is 0 Å². The maximum Gasteiger partial charge on any atom is 0.223 e. The quantitative estimate of drug-likeness (QED) is 0.311. The van der Waals surface area contributed by atoms with Gasteiger partial charge in [0.15, 0.2) is 0 Å². The van der Waals surface area contributed by atoms with Crippen molar-refractivity contribution >= 4 is 11.6 Å². The molecule has 4 heteroatoms. The lowest BCUT2D eigenvalue weighted by atomic mass is 9.95. The third kappa shape index (κ3) is 11.3. The van der Waals surface area contributed by atoms with Crippen LogP contribution >= 0.6 is 0 Å². The van der Waals surface area contributed by atoms with Crippen molar-refractivity contribution in [2.24, 2.45) is 5.92 Å². The van der Waals surface area contributed by atoms with E-state index in [9.17, 15) is 4.79 Å². The summed E-state index contributed by atoms with van der Waals surface area (Å²) >= 11 is 0. The van der Waals surface area contributed by atoms with E-state index in [4.69, 9.17) is 5.41 Å². The Morgan fingerprint density at radius 2 is 1.70 bits per heavy atom. The molecular formula is C19H39N3O. The molecule has 0 fully saturated rings. The van der Waals surface area contributed by atoms with Gasteiger partial charge >= 0.3 is 0 Å². The highest BCUT2D eigenvalue weighted by molar-refractivity contribution is 5.80. The number of hydrogen-bond donors (Lipinski definition) is 3. The van der Waals surface area contributed by atoms with Crippen LogP contribution < -0.4 is 10.6 Å². The van der Waals surface area contributed by atoms with E-state index in [0.29, 0.717) is 6.04 Å². The normalized spacial score (nSPS) is 13.6. The summed E-state index contributed by atoms with van der Waals surface area (Å²) in [7, 11) is 2.00. The van der Waals surface area contributed by atoms with Crippen LogP contribution in [0.1, 0.15) is 85.0 Å². The zero-order valence-corrected chi connectivity index (χ0v) is 15.8. The predicted octanol–water partition coefficient (Wildman–Crippen LogP) is 4.29. The molecule has 0 aliphatic heterocycles. The van der Waals surface area contributed by atoms with Gasteiger partial charge in [-0.05, 0) is 58.4 Å². The number of amides is 1. The zero-order valence-electron chi connectivity index (χ0n) is 15.8. The van der Waals surface area contributed by atoms with Crippen molar-refractivity contribution in [3.05, 3.63) is 0 Å². The van der Waals surface area contributed by atoms with Crippen LogP contribution in [0.3, 0.4) is 0 Å². The molecule has 23 heavy (non-hydrogen) atoms. The number of rotatable bonds is 15. The summed E-state index contributed by atoms with van der Waals surface area (Å²) in [6, 6.07) is 0.527. The lowest BCUT2D eigenvalue weighted by Gasteiger charge is -2.19. The molecule has 0 aromatic rings. The lowest BCUT2D eigenvalue weighted by molar-refractivity contribution is -0.125. The summed E-state index contributed by atoms with van der Waals surface area (Å²) in [5.41, 5.74) is 0.857. The minimum atomic E-state index is 0.155. The van der Waals surface area contributed by atoms with Crippen molar-refractivity contribution in [1.29, 1.82) is 5.41 Å². The van der Waals surface area contributed by atoms with Crippen LogP contribution in [0.25, 0.3) is 0 Å². The van der Waals surface area contributed by atoms with Gasteiger partial charge in [-0.3, -0.25) is 4.79 Å². The highest BCUT2D eigenvalue weighted by Gasteiger charge is 2.17. The first kappa shape index (κ1) is 22.1. The fourth-order valence-electron chi connectivity index (χ4n) is 2.83. The van der Waals surface area contributed by atoms with Gasteiger partial charge in [0, 0.05) is 24.2 Å². The van der Waals surface area contributed by atoms with Crippen LogP contribution in [-0.2, 0) is 4.79 Å². The monoisotopic (exact) mass is 325 g/mol. The summed E-state index contributed by atoms with van der Waals surface area (Å²) in [6.07, 6.45) is 10.4. The van der Waals surface area contributed by atoms with Crippen LogP contribution in [0, 0.1) is 11.3 Å². The number of carbonyl (C=O) groups is 1. The topological polar surface area (TPSA) is 65.0 Å². The van der Waals surface area contributed by atoms with Gasteiger partial charge in [-0.15, -0.1) is 0 Å². The molecule has 136 valence electrons. The summed E-state index contributed by atoms with van der Waals surface area (Å²) in [4.78, 5) is 12.2. The van der Waals surface area contributed by atoms with Crippen molar-refractivity contribution < 1.29 is 4.79 Å².